The number of nitrogens with zero attached hydrogens (tertiary/aromatic N) is 2. The Morgan fingerprint density at radius 3 is 2.70 bits per heavy atom. The number of hydrogen-bond acceptors (Lipinski definition) is 4. The van der Waals surface area contributed by atoms with Gasteiger partial charge in [-0.15, -0.1) is 11.3 Å². The average Bonchev–Trinajstić information content (AvgIpc) is 3.05. The largest absolute Gasteiger partial charge is 0.494 e. The molecule has 0 saturated heterocycles. The van der Waals surface area contributed by atoms with Crippen LogP contribution in [0.3, 0.4) is 0 Å². The van der Waals surface area contributed by atoms with Crippen LogP contribution in [0.25, 0.3) is 11.3 Å². The fourth-order valence-corrected chi connectivity index (χ4v) is 3.06. The van der Waals surface area contributed by atoms with Crippen LogP contribution in [-0.4, -0.2) is 16.6 Å². The maximum atomic E-state index is 5.70. The molecule has 3 nitrogen and oxygen atoms in total. The van der Waals surface area contributed by atoms with E-state index in [0.29, 0.717) is 0 Å². The lowest BCUT2D eigenvalue weighted by Gasteiger charge is -2.05. The van der Waals surface area contributed by atoms with E-state index in [2.05, 4.69) is 29.4 Å². The van der Waals surface area contributed by atoms with Crippen LogP contribution in [-0.2, 0) is 6.42 Å². The SMILES string of the molecule is CCCCOc1ccc(-c2csc(Cc3ccccn3)n2)cc1. The lowest BCUT2D eigenvalue weighted by Crippen LogP contribution is -1.96. The molecule has 2 aromatic heterocycles. The number of rotatable bonds is 7. The molecule has 0 fully saturated rings. The summed E-state index contributed by atoms with van der Waals surface area (Å²) in [5, 5.41) is 3.19. The molecule has 118 valence electrons. The number of benzene rings is 1. The van der Waals surface area contributed by atoms with Gasteiger partial charge < -0.3 is 4.74 Å². The summed E-state index contributed by atoms with van der Waals surface area (Å²) in [5.74, 6) is 0.922. The van der Waals surface area contributed by atoms with Crippen molar-refractivity contribution in [1.82, 2.24) is 9.97 Å². The molecule has 0 radical (unpaired) electrons. The molecule has 4 heteroatoms. The minimum Gasteiger partial charge on any atom is -0.494 e. The molecule has 0 N–H and O–H groups in total. The number of unbranched alkanes of at least 4 members (excludes halogenated alkanes) is 1. The van der Waals surface area contributed by atoms with Crippen LogP contribution in [0.1, 0.15) is 30.5 Å². The van der Waals surface area contributed by atoms with Gasteiger partial charge in [0.1, 0.15) is 5.75 Å². The highest BCUT2D eigenvalue weighted by Gasteiger charge is 2.06. The van der Waals surface area contributed by atoms with Gasteiger partial charge in [-0.3, -0.25) is 4.98 Å². The van der Waals surface area contributed by atoms with E-state index < -0.39 is 0 Å². The van der Waals surface area contributed by atoms with E-state index in [1.165, 1.54) is 0 Å². The minimum absolute atomic E-state index is 0.779. The third-order valence-corrected chi connectivity index (χ3v) is 4.38. The van der Waals surface area contributed by atoms with Gasteiger partial charge in [-0.1, -0.05) is 19.4 Å². The van der Waals surface area contributed by atoms with Crippen molar-refractivity contribution in [2.75, 3.05) is 6.61 Å². The molecule has 0 aliphatic rings. The van der Waals surface area contributed by atoms with E-state index in [1.807, 2.05) is 36.5 Å². The lowest BCUT2D eigenvalue weighted by atomic mass is 10.2. The predicted molar refractivity (Wildman–Crippen MR) is 95.0 cm³/mol. The van der Waals surface area contributed by atoms with Crippen molar-refractivity contribution < 1.29 is 4.74 Å². The molecule has 23 heavy (non-hydrogen) atoms. The zero-order chi connectivity index (χ0) is 15.9. The Morgan fingerprint density at radius 1 is 1.09 bits per heavy atom. The van der Waals surface area contributed by atoms with Gasteiger partial charge in [-0.2, -0.15) is 0 Å². The predicted octanol–water partition coefficient (Wildman–Crippen LogP) is 4.97. The van der Waals surface area contributed by atoms with Gasteiger partial charge in [0.15, 0.2) is 0 Å². The monoisotopic (exact) mass is 324 g/mol. The van der Waals surface area contributed by atoms with Crippen LogP contribution in [0.2, 0.25) is 0 Å². The molecule has 3 rings (SSSR count). The highest BCUT2D eigenvalue weighted by molar-refractivity contribution is 7.10. The molecule has 0 amide bonds. The van der Waals surface area contributed by atoms with Gasteiger partial charge in [0.2, 0.25) is 0 Å². The third kappa shape index (κ3) is 4.39. The maximum Gasteiger partial charge on any atom is 0.119 e. The van der Waals surface area contributed by atoms with Crippen molar-refractivity contribution in [3.63, 3.8) is 0 Å². The summed E-state index contributed by atoms with van der Waals surface area (Å²) in [6, 6.07) is 14.1. The van der Waals surface area contributed by atoms with Gasteiger partial charge in [0, 0.05) is 29.3 Å². The first-order chi connectivity index (χ1) is 11.3. The van der Waals surface area contributed by atoms with Crippen molar-refractivity contribution in [1.29, 1.82) is 0 Å². The quantitative estimate of drug-likeness (QED) is 0.575. The zero-order valence-electron chi connectivity index (χ0n) is 13.2. The van der Waals surface area contributed by atoms with Crippen LogP contribution >= 0.6 is 11.3 Å². The fraction of sp³-hybridized carbons (Fsp3) is 0.263. The van der Waals surface area contributed by atoms with Gasteiger partial charge in [0.25, 0.3) is 0 Å². The van der Waals surface area contributed by atoms with E-state index in [1.54, 1.807) is 11.3 Å². The molecular weight excluding hydrogens is 304 g/mol. The van der Waals surface area contributed by atoms with Crippen molar-refractivity contribution in [2.24, 2.45) is 0 Å². The molecule has 0 aliphatic heterocycles. The van der Waals surface area contributed by atoms with Gasteiger partial charge in [0.05, 0.1) is 17.3 Å². The standard InChI is InChI=1S/C19H20N2OS/c1-2-3-12-22-17-9-7-15(8-10-17)18-14-23-19(21-18)13-16-6-4-5-11-20-16/h4-11,14H,2-3,12-13H2,1H3. The molecule has 3 aromatic rings. The lowest BCUT2D eigenvalue weighted by molar-refractivity contribution is 0.309. The summed E-state index contributed by atoms with van der Waals surface area (Å²) in [7, 11) is 0. The summed E-state index contributed by atoms with van der Waals surface area (Å²) < 4.78 is 5.70. The Labute approximate surface area is 141 Å². The fourth-order valence-electron chi connectivity index (χ4n) is 2.24. The second-order valence-electron chi connectivity index (χ2n) is 5.35. The van der Waals surface area contributed by atoms with Crippen molar-refractivity contribution in [3.8, 4) is 17.0 Å². The topological polar surface area (TPSA) is 35.0 Å². The Bertz CT molecular complexity index is 723. The number of thiazole rings is 1. The van der Waals surface area contributed by atoms with Crippen LogP contribution in [0.4, 0.5) is 0 Å². The van der Waals surface area contributed by atoms with E-state index in [9.17, 15) is 0 Å². The van der Waals surface area contributed by atoms with E-state index in [4.69, 9.17) is 9.72 Å². The highest BCUT2D eigenvalue weighted by Crippen LogP contribution is 2.25. The van der Waals surface area contributed by atoms with Crippen LogP contribution in [0, 0.1) is 0 Å². The Balaban J connectivity index is 1.65. The van der Waals surface area contributed by atoms with Gasteiger partial charge >= 0.3 is 0 Å². The van der Waals surface area contributed by atoms with E-state index in [-0.39, 0.29) is 0 Å². The first kappa shape index (κ1) is 15.7. The molecule has 0 aliphatic carbocycles. The summed E-state index contributed by atoms with van der Waals surface area (Å²) in [4.78, 5) is 9.07. The number of ether oxygens (including phenoxy) is 1. The maximum absolute atomic E-state index is 5.70. The zero-order valence-corrected chi connectivity index (χ0v) is 14.1. The smallest absolute Gasteiger partial charge is 0.119 e. The molecule has 0 bridgehead atoms. The normalized spacial score (nSPS) is 10.7. The first-order valence-electron chi connectivity index (χ1n) is 7.92. The molecule has 0 saturated carbocycles. The summed E-state index contributed by atoms with van der Waals surface area (Å²) >= 11 is 1.68. The molecular formula is C19H20N2OS. The molecule has 0 atom stereocenters. The Hall–Kier alpha value is -2.20. The van der Waals surface area contributed by atoms with Gasteiger partial charge in [-0.25, -0.2) is 4.98 Å². The van der Waals surface area contributed by atoms with Crippen molar-refractivity contribution >= 4 is 11.3 Å². The Kier molecular flexibility index (Phi) is 5.37. The summed E-state index contributed by atoms with van der Waals surface area (Å²) in [5.41, 5.74) is 3.19. The number of hydrogen-bond donors (Lipinski definition) is 0. The second-order valence-corrected chi connectivity index (χ2v) is 6.29. The molecule has 0 spiro atoms. The van der Waals surface area contributed by atoms with Crippen LogP contribution in [0.5, 0.6) is 5.75 Å². The first-order valence-corrected chi connectivity index (χ1v) is 8.80. The second kappa shape index (κ2) is 7.88. The van der Waals surface area contributed by atoms with Crippen LogP contribution < -0.4 is 4.74 Å². The van der Waals surface area contributed by atoms with Crippen LogP contribution in [0.15, 0.2) is 54.0 Å². The van der Waals surface area contributed by atoms with Gasteiger partial charge in [-0.05, 0) is 42.8 Å². The van der Waals surface area contributed by atoms with E-state index >= 15 is 0 Å². The summed E-state index contributed by atoms with van der Waals surface area (Å²) in [6.07, 6.45) is 4.84. The molecule has 0 unspecified atom stereocenters. The number of pyridine rings is 1. The molecule has 1 aromatic carbocycles. The van der Waals surface area contributed by atoms with Crippen molar-refractivity contribution in [3.05, 3.63) is 64.7 Å². The third-order valence-electron chi connectivity index (χ3n) is 3.53. The summed E-state index contributed by atoms with van der Waals surface area (Å²) in [6.45, 7) is 2.94. The van der Waals surface area contributed by atoms with E-state index in [0.717, 1.165) is 53.6 Å². The van der Waals surface area contributed by atoms with Crippen molar-refractivity contribution in [2.45, 2.75) is 26.2 Å². The highest BCUT2D eigenvalue weighted by atomic mass is 32.1. The molecule has 2 heterocycles. The minimum atomic E-state index is 0.779. The average molecular weight is 324 g/mol. The Morgan fingerprint density at radius 2 is 1.96 bits per heavy atom. The number of aromatic nitrogens is 2.